The summed E-state index contributed by atoms with van der Waals surface area (Å²) >= 11 is 0. The van der Waals surface area contributed by atoms with Gasteiger partial charge in [0.15, 0.2) is 0 Å². The van der Waals surface area contributed by atoms with E-state index in [1.54, 1.807) is 0 Å². The number of carboxylic acid groups (broad SMARTS) is 1. The van der Waals surface area contributed by atoms with Crippen LogP contribution in [0.5, 0.6) is 0 Å². The predicted molar refractivity (Wildman–Crippen MR) is 63.9 cm³/mol. The van der Waals surface area contributed by atoms with Gasteiger partial charge in [0.2, 0.25) is 5.91 Å². The number of hydrogen-bond acceptors (Lipinski definition) is 3. The van der Waals surface area contributed by atoms with Crippen molar-refractivity contribution in [1.29, 1.82) is 0 Å². The quantitative estimate of drug-likeness (QED) is 0.856. The number of aliphatic carboxylic acids is 1. The van der Waals surface area contributed by atoms with Gasteiger partial charge < -0.3 is 14.8 Å². The summed E-state index contributed by atoms with van der Waals surface area (Å²) in [6.07, 6.45) is 1.23. The second-order valence-electron chi connectivity index (χ2n) is 4.81. The van der Waals surface area contributed by atoms with Crippen molar-refractivity contribution in [2.45, 2.75) is 32.7 Å². The van der Waals surface area contributed by atoms with Crippen LogP contribution in [-0.2, 0) is 9.59 Å². The van der Waals surface area contributed by atoms with Gasteiger partial charge in [-0.05, 0) is 38.8 Å². The maximum absolute atomic E-state index is 11.9. The molecule has 18 heavy (non-hydrogen) atoms. The van der Waals surface area contributed by atoms with Gasteiger partial charge in [0.05, 0.1) is 17.9 Å². The minimum atomic E-state index is -0.886. The average Bonchev–Trinajstić information content (AvgIpc) is 2.61. The molecule has 2 N–H and O–H groups in total. The van der Waals surface area contributed by atoms with Gasteiger partial charge in [-0.3, -0.25) is 9.59 Å². The largest absolute Gasteiger partial charge is 0.481 e. The second kappa shape index (κ2) is 4.84. The Kier molecular flexibility index (Phi) is 3.41. The molecule has 1 heterocycles. The number of carboxylic acids is 1. The molecular weight excluding hydrogens is 234 g/mol. The van der Waals surface area contributed by atoms with E-state index in [0.717, 1.165) is 5.76 Å². The molecule has 0 radical (unpaired) electrons. The molecule has 0 bridgehead atoms. The van der Waals surface area contributed by atoms with E-state index in [2.05, 4.69) is 5.32 Å². The van der Waals surface area contributed by atoms with Crippen molar-refractivity contribution in [1.82, 2.24) is 5.32 Å². The van der Waals surface area contributed by atoms with Crippen LogP contribution >= 0.6 is 0 Å². The lowest BCUT2D eigenvalue weighted by molar-refractivity contribution is -0.153. The first kappa shape index (κ1) is 12.7. The third-order valence-corrected chi connectivity index (χ3v) is 3.48. The summed E-state index contributed by atoms with van der Waals surface area (Å²) in [6.45, 7) is 3.66. The monoisotopic (exact) mass is 251 g/mol. The number of carbonyl (C=O) groups excluding carboxylic acids is 1. The highest BCUT2D eigenvalue weighted by atomic mass is 16.4. The molecule has 1 saturated carbocycles. The fraction of sp³-hybridized carbons (Fsp3) is 0.538. The van der Waals surface area contributed by atoms with Gasteiger partial charge in [-0.1, -0.05) is 0 Å². The van der Waals surface area contributed by atoms with Crippen LogP contribution in [0.3, 0.4) is 0 Å². The summed E-state index contributed by atoms with van der Waals surface area (Å²) in [5.74, 6) is -0.542. The van der Waals surface area contributed by atoms with E-state index in [9.17, 15) is 9.59 Å². The van der Waals surface area contributed by atoms with Gasteiger partial charge in [-0.25, -0.2) is 0 Å². The SMILES string of the molecule is Cc1ccc(C(C)NC(=O)C2CCC2C(=O)O)o1. The molecular formula is C13H17NO4. The van der Waals surface area contributed by atoms with Crippen LogP contribution in [0.15, 0.2) is 16.5 Å². The highest BCUT2D eigenvalue weighted by Gasteiger charge is 2.41. The number of carbonyl (C=O) groups is 2. The third kappa shape index (κ3) is 2.39. The van der Waals surface area contributed by atoms with E-state index in [1.165, 1.54) is 0 Å². The van der Waals surface area contributed by atoms with E-state index >= 15 is 0 Å². The summed E-state index contributed by atoms with van der Waals surface area (Å²) in [4.78, 5) is 22.8. The highest BCUT2D eigenvalue weighted by Crippen LogP contribution is 2.35. The Labute approximate surface area is 105 Å². The molecule has 5 nitrogen and oxygen atoms in total. The van der Waals surface area contributed by atoms with Crippen molar-refractivity contribution in [3.05, 3.63) is 23.7 Å². The van der Waals surface area contributed by atoms with Gasteiger partial charge in [-0.15, -0.1) is 0 Å². The van der Waals surface area contributed by atoms with E-state index in [0.29, 0.717) is 18.6 Å². The summed E-state index contributed by atoms with van der Waals surface area (Å²) in [5, 5.41) is 11.7. The number of rotatable bonds is 4. The van der Waals surface area contributed by atoms with Crippen molar-refractivity contribution in [2.24, 2.45) is 11.8 Å². The third-order valence-electron chi connectivity index (χ3n) is 3.48. The fourth-order valence-corrected chi connectivity index (χ4v) is 2.19. The number of nitrogens with one attached hydrogen (secondary N) is 1. The smallest absolute Gasteiger partial charge is 0.307 e. The number of hydrogen-bond donors (Lipinski definition) is 2. The van der Waals surface area contributed by atoms with Crippen molar-refractivity contribution in [3.63, 3.8) is 0 Å². The number of furan rings is 1. The molecule has 1 aliphatic rings. The first-order valence-corrected chi connectivity index (χ1v) is 6.08. The van der Waals surface area contributed by atoms with Gasteiger partial charge in [0, 0.05) is 0 Å². The molecule has 0 aliphatic heterocycles. The molecule has 1 aromatic heterocycles. The first-order valence-electron chi connectivity index (χ1n) is 6.08. The molecule has 0 saturated heterocycles. The normalized spacial score (nSPS) is 24.1. The number of amides is 1. The summed E-state index contributed by atoms with van der Waals surface area (Å²) in [7, 11) is 0. The Morgan fingerprint density at radius 3 is 2.50 bits per heavy atom. The molecule has 1 aliphatic carbocycles. The van der Waals surface area contributed by atoms with Crippen LogP contribution < -0.4 is 5.32 Å². The molecule has 98 valence electrons. The van der Waals surface area contributed by atoms with Crippen molar-refractivity contribution in [2.75, 3.05) is 0 Å². The maximum Gasteiger partial charge on any atom is 0.307 e. The predicted octanol–water partition coefficient (Wildman–Crippen LogP) is 1.88. The molecule has 5 heteroatoms. The van der Waals surface area contributed by atoms with Gasteiger partial charge in [-0.2, -0.15) is 0 Å². The summed E-state index contributed by atoms with van der Waals surface area (Å²) in [6, 6.07) is 3.41. The Morgan fingerprint density at radius 1 is 1.39 bits per heavy atom. The Balaban J connectivity index is 1.93. The molecule has 1 amide bonds. The number of aryl methyl sites for hydroxylation is 1. The molecule has 0 aromatic carbocycles. The van der Waals surface area contributed by atoms with Crippen molar-refractivity contribution in [3.8, 4) is 0 Å². The van der Waals surface area contributed by atoms with Crippen LogP contribution in [-0.4, -0.2) is 17.0 Å². The standard InChI is InChI=1S/C13H17NO4/c1-7-3-6-11(18-7)8(2)14-12(15)9-4-5-10(9)13(16)17/h3,6,8-10H,4-5H2,1-2H3,(H,14,15)(H,16,17). The van der Waals surface area contributed by atoms with E-state index < -0.39 is 17.8 Å². The zero-order chi connectivity index (χ0) is 13.3. The van der Waals surface area contributed by atoms with E-state index in [-0.39, 0.29) is 11.9 Å². The molecule has 0 spiro atoms. The second-order valence-corrected chi connectivity index (χ2v) is 4.81. The highest BCUT2D eigenvalue weighted by molar-refractivity contribution is 5.86. The average molecular weight is 251 g/mol. The molecule has 3 atom stereocenters. The zero-order valence-electron chi connectivity index (χ0n) is 10.5. The fourth-order valence-electron chi connectivity index (χ4n) is 2.19. The molecule has 2 rings (SSSR count). The van der Waals surface area contributed by atoms with Gasteiger partial charge >= 0.3 is 5.97 Å². The van der Waals surface area contributed by atoms with Crippen LogP contribution in [0.25, 0.3) is 0 Å². The molecule has 1 fully saturated rings. The van der Waals surface area contributed by atoms with Gasteiger partial charge in [0.25, 0.3) is 0 Å². The summed E-state index contributed by atoms with van der Waals surface area (Å²) < 4.78 is 5.42. The minimum Gasteiger partial charge on any atom is -0.481 e. The first-order chi connectivity index (χ1) is 8.49. The minimum absolute atomic E-state index is 0.199. The molecule has 1 aromatic rings. The van der Waals surface area contributed by atoms with E-state index in [4.69, 9.17) is 9.52 Å². The summed E-state index contributed by atoms with van der Waals surface area (Å²) in [5.41, 5.74) is 0. The topological polar surface area (TPSA) is 79.5 Å². The Morgan fingerprint density at radius 2 is 2.06 bits per heavy atom. The molecule has 3 unspecified atom stereocenters. The lowest BCUT2D eigenvalue weighted by atomic mass is 9.73. The maximum atomic E-state index is 11.9. The van der Waals surface area contributed by atoms with E-state index in [1.807, 2.05) is 26.0 Å². The van der Waals surface area contributed by atoms with Crippen LogP contribution in [0.1, 0.15) is 37.3 Å². The van der Waals surface area contributed by atoms with Crippen molar-refractivity contribution >= 4 is 11.9 Å². The Hall–Kier alpha value is -1.78. The van der Waals surface area contributed by atoms with Crippen LogP contribution in [0.4, 0.5) is 0 Å². The zero-order valence-corrected chi connectivity index (χ0v) is 10.5. The lowest BCUT2D eigenvalue weighted by Gasteiger charge is -2.32. The Bertz CT molecular complexity index is 465. The van der Waals surface area contributed by atoms with Crippen LogP contribution in [0.2, 0.25) is 0 Å². The van der Waals surface area contributed by atoms with Gasteiger partial charge in [0.1, 0.15) is 11.5 Å². The lowest BCUT2D eigenvalue weighted by Crippen LogP contribution is -2.44. The van der Waals surface area contributed by atoms with Crippen molar-refractivity contribution < 1.29 is 19.1 Å². The van der Waals surface area contributed by atoms with Crippen LogP contribution in [0, 0.1) is 18.8 Å².